The van der Waals surface area contributed by atoms with E-state index in [1.165, 1.54) is 29.5 Å². The third-order valence-electron chi connectivity index (χ3n) is 3.64. The first-order valence-electron chi connectivity index (χ1n) is 7.59. The Morgan fingerprint density at radius 3 is 2.85 bits per heavy atom. The SMILES string of the molecule is Cc1oc(-c2cccs2)nc1CC(=O)Nc1ccc2c(c1)OC(F)(F)O2. The van der Waals surface area contributed by atoms with Crippen LogP contribution in [0.2, 0.25) is 0 Å². The fourth-order valence-corrected chi connectivity index (χ4v) is 3.13. The van der Waals surface area contributed by atoms with Crippen molar-refractivity contribution < 1.29 is 27.5 Å². The van der Waals surface area contributed by atoms with E-state index < -0.39 is 6.29 Å². The minimum Gasteiger partial charge on any atom is -0.440 e. The molecule has 0 unspecified atom stereocenters. The van der Waals surface area contributed by atoms with Crippen molar-refractivity contribution in [2.45, 2.75) is 19.6 Å². The monoisotopic (exact) mass is 378 g/mol. The van der Waals surface area contributed by atoms with E-state index in [4.69, 9.17) is 4.42 Å². The number of amides is 1. The van der Waals surface area contributed by atoms with Crippen LogP contribution in [0.3, 0.4) is 0 Å². The molecule has 3 aromatic rings. The Morgan fingerprint density at radius 2 is 2.08 bits per heavy atom. The number of hydrogen-bond acceptors (Lipinski definition) is 6. The molecule has 1 aromatic carbocycles. The van der Waals surface area contributed by atoms with Gasteiger partial charge in [0.2, 0.25) is 11.8 Å². The smallest absolute Gasteiger partial charge is 0.440 e. The molecule has 1 aliphatic heterocycles. The minimum atomic E-state index is -3.69. The van der Waals surface area contributed by atoms with E-state index in [0.29, 0.717) is 23.0 Å². The maximum Gasteiger partial charge on any atom is 0.586 e. The van der Waals surface area contributed by atoms with Gasteiger partial charge < -0.3 is 19.2 Å². The number of carbonyl (C=O) groups excluding carboxylic acids is 1. The average Bonchev–Trinajstić information content (AvgIpc) is 3.25. The van der Waals surface area contributed by atoms with Crippen molar-refractivity contribution in [2.75, 3.05) is 5.32 Å². The van der Waals surface area contributed by atoms with Gasteiger partial charge in [-0.15, -0.1) is 20.1 Å². The summed E-state index contributed by atoms with van der Waals surface area (Å²) in [6.45, 7) is 1.73. The van der Waals surface area contributed by atoms with Crippen LogP contribution in [0.5, 0.6) is 11.5 Å². The number of anilines is 1. The molecule has 0 saturated heterocycles. The maximum atomic E-state index is 13.0. The lowest BCUT2D eigenvalue weighted by Crippen LogP contribution is -2.25. The summed E-state index contributed by atoms with van der Waals surface area (Å²) < 4.78 is 40.3. The third-order valence-corrected chi connectivity index (χ3v) is 4.50. The van der Waals surface area contributed by atoms with E-state index in [1.807, 2.05) is 17.5 Å². The van der Waals surface area contributed by atoms with E-state index >= 15 is 0 Å². The molecule has 4 rings (SSSR count). The summed E-state index contributed by atoms with van der Waals surface area (Å²) in [5.74, 6) is 0.440. The zero-order valence-electron chi connectivity index (χ0n) is 13.4. The summed E-state index contributed by atoms with van der Waals surface area (Å²) in [7, 11) is 0. The molecule has 0 radical (unpaired) electrons. The summed E-state index contributed by atoms with van der Waals surface area (Å²) in [6, 6.07) is 7.80. The van der Waals surface area contributed by atoms with Crippen molar-refractivity contribution in [1.82, 2.24) is 4.98 Å². The molecule has 0 fully saturated rings. The standard InChI is InChI=1S/C17H12F2N2O4S/c1-9-11(21-16(23-9)14-3-2-6-26-14)8-15(22)20-10-4-5-12-13(7-10)25-17(18,19)24-12/h2-7H,8H2,1H3,(H,20,22). The van der Waals surface area contributed by atoms with Gasteiger partial charge in [0.05, 0.1) is 17.0 Å². The highest BCUT2D eigenvalue weighted by molar-refractivity contribution is 7.13. The number of rotatable bonds is 4. The first kappa shape index (κ1) is 16.5. The molecule has 0 spiro atoms. The second kappa shape index (κ2) is 6.10. The normalized spacial score (nSPS) is 14.4. The Labute approximate surface area is 150 Å². The number of nitrogens with zero attached hydrogens (tertiary/aromatic N) is 1. The molecular formula is C17H12F2N2O4S. The van der Waals surface area contributed by atoms with Crippen LogP contribution >= 0.6 is 11.3 Å². The lowest BCUT2D eigenvalue weighted by molar-refractivity contribution is -0.286. The molecule has 9 heteroatoms. The first-order valence-corrected chi connectivity index (χ1v) is 8.47. The first-order chi connectivity index (χ1) is 12.4. The third kappa shape index (κ3) is 3.25. The van der Waals surface area contributed by atoms with Crippen LogP contribution in [0, 0.1) is 6.92 Å². The van der Waals surface area contributed by atoms with Crippen LogP contribution in [0.4, 0.5) is 14.5 Å². The summed E-state index contributed by atoms with van der Waals surface area (Å²) in [5, 5.41) is 4.53. The zero-order chi connectivity index (χ0) is 18.3. The van der Waals surface area contributed by atoms with Crippen molar-refractivity contribution in [3.05, 3.63) is 47.2 Å². The number of alkyl halides is 2. The molecule has 2 aromatic heterocycles. The summed E-state index contributed by atoms with van der Waals surface area (Å²) >= 11 is 1.49. The van der Waals surface area contributed by atoms with Crippen LogP contribution in [-0.2, 0) is 11.2 Å². The molecule has 134 valence electrons. The van der Waals surface area contributed by atoms with Gasteiger partial charge in [-0.1, -0.05) is 6.07 Å². The second-order valence-electron chi connectivity index (χ2n) is 5.55. The molecular weight excluding hydrogens is 366 g/mol. The van der Waals surface area contributed by atoms with Crippen molar-refractivity contribution in [1.29, 1.82) is 0 Å². The highest BCUT2D eigenvalue weighted by atomic mass is 32.1. The van der Waals surface area contributed by atoms with Gasteiger partial charge in [-0.2, -0.15) is 0 Å². The fraction of sp³-hybridized carbons (Fsp3) is 0.176. The maximum absolute atomic E-state index is 13.0. The number of ether oxygens (including phenoxy) is 2. The number of thiophene rings is 1. The minimum absolute atomic E-state index is 0.00862. The lowest BCUT2D eigenvalue weighted by Gasteiger charge is -2.05. The molecule has 0 saturated carbocycles. The topological polar surface area (TPSA) is 73.6 Å². The second-order valence-corrected chi connectivity index (χ2v) is 6.50. The van der Waals surface area contributed by atoms with Crippen molar-refractivity contribution >= 4 is 22.9 Å². The Morgan fingerprint density at radius 1 is 1.27 bits per heavy atom. The van der Waals surface area contributed by atoms with Crippen molar-refractivity contribution in [3.63, 3.8) is 0 Å². The predicted octanol–water partition coefficient (Wildman–Crippen LogP) is 4.21. The lowest BCUT2D eigenvalue weighted by atomic mass is 10.2. The summed E-state index contributed by atoms with van der Waals surface area (Å²) in [4.78, 5) is 17.5. The molecule has 6 nitrogen and oxygen atoms in total. The molecule has 0 aliphatic carbocycles. The number of nitrogens with one attached hydrogen (secondary N) is 1. The average molecular weight is 378 g/mol. The van der Waals surface area contributed by atoms with Gasteiger partial charge in [0.15, 0.2) is 11.5 Å². The van der Waals surface area contributed by atoms with E-state index in [-0.39, 0.29) is 23.8 Å². The molecule has 1 N–H and O–H groups in total. The van der Waals surface area contributed by atoms with Crippen LogP contribution in [0.1, 0.15) is 11.5 Å². The quantitative estimate of drug-likeness (QED) is 0.736. The van der Waals surface area contributed by atoms with Gasteiger partial charge in [-0.25, -0.2) is 4.98 Å². The van der Waals surface area contributed by atoms with E-state index in [1.54, 1.807) is 6.92 Å². The van der Waals surface area contributed by atoms with Gasteiger partial charge in [0, 0.05) is 11.8 Å². The Kier molecular flexibility index (Phi) is 3.87. The Hall–Kier alpha value is -2.94. The van der Waals surface area contributed by atoms with Gasteiger partial charge in [0.1, 0.15) is 5.76 Å². The molecule has 1 aliphatic rings. The number of hydrogen-bond donors (Lipinski definition) is 1. The number of aromatic nitrogens is 1. The molecule has 26 heavy (non-hydrogen) atoms. The zero-order valence-corrected chi connectivity index (χ0v) is 14.2. The van der Waals surface area contributed by atoms with E-state index in [0.717, 1.165) is 4.88 Å². The highest BCUT2D eigenvalue weighted by Crippen LogP contribution is 2.42. The summed E-state index contributed by atoms with van der Waals surface area (Å²) in [6.07, 6.45) is -3.70. The molecule has 0 atom stereocenters. The van der Waals surface area contributed by atoms with E-state index in [2.05, 4.69) is 19.8 Å². The van der Waals surface area contributed by atoms with Gasteiger partial charge in [0.25, 0.3) is 0 Å². The van der Waals surface area contributed by atoms with Crippen molar-refractivity contribution in [2.24, 2.45) is 0 Å². The number of aryl methyl sites for hydroxylation is 1. The number of benzene rings is 1. The fourth-order valence-electron chi connectivity index (χ4n) is 2.48. The van der Waals surface area contributed by atoms with Gasteiger partial charge in [-0.3, -0.25) is 4.79 Å². The van der Waals surface area contributed by atoms with E-state index in [9.17, 15) is 13.6 Å². The Bertz CT molecular complexity index is 969. The molecule has 3 heterocycles. The van der Waals surface area contributed by atoms with Crippen LogP contribution in [0.15, 0.2) is 40.1 Å². The van der Waals surface area contributed by atoms with Gasteiger partial charge in [-0.05, 0) is 30.5 Å². The molecule has 0 bridgehead atoms. The van der Waals surface area contributed by atoms with Crippen molar-refractivity contribution in [3.8, 4) is 22.3 Å². The number of carbonyl (C=O) groups is 1. The highest BCUT2D eigenvalue weighted by Gasteiger charge is 2.43. The number of halogens is 2. The number of fused-ring (bicyclic) bond motifs is 1. The van der Waals surface area contributed by atoms with Crippen LogP contribution in [0.25, 0.3) is 10.8 Å². The Balaban J connectivity index is 1.45. The molecule has 1 amide bonds. The summed E-state index contributed by atoms with van der Waals surface area (Å²) in [5.41, 5.74) is 0.827. The van der Waals surface area contributed by atoms with Crippen LogP contribution in [-0.4, -0.2) is 17.2 Å². The number of oxazole rings is 1. The predicted molar refractivity (Wildman–Crippen MR) is 89.5 cm³/mol. The van der Waals surface area contributed by atoms with Crippen LogP contribution < -0.4 is 14.8 Å². The van der Waals surface area contributed by atoms with Gasteiger partial charge >= 0.3 is 6.29 Å². The largest absolute Gasteiger partial charge is 0.586 e.